The number of hydrogen-bond acceptors (Lipinski definition) is 5. The summed E-state index contributed by atoms with van der Waals surface area (Å²) in [4.78, 5) is 23.3. The lowest BCUT2D eigenvalue weighted by Crippen LogP contribution is -2.50. The number of carboxylic acids is 1. The van der Waals surface area contributed by atoms with Crippen molar-refractivity contribution in [3.63, 3.8) is 0 Å². The molecule has 0 aromatic heterocycles. The van der Waals surface area contributed by atoms with Crippen LogP contribution < -0.4 is 14.8 Å². The van der Waals surface area contributed by atoms with Crippen molar-refractivity contribution in [2.45, 2.75) is 18.9 Å². The first-order valence-corrected chi connectivity index (χ1v) is 6.60. The number of ether oxygens (including phenoxy) is 3. The van der Waals surface area contributed by atoms with Gasteiger partial charge in [0.15, 0.2) is 11.5 Å². The number of methoxy groups -OCH3 is 3. The quantitative estimate of drug-likeness (QED) is 0.752. The average Bonchev–Trinajstić information content (AvgIpc) is 2.45. The van der Waals surface area contributed by atoms with E-state index in [4.69, 9.17) is 19.3 Å². The highest BCUT2D eigenvalue weighted by Crippen LogP contribution is 2.27. The molecule has 0 heterocycles. The van der Waals surface area contributed by atoms with Crippen LogP contribution in [0.25, 0.3) is 0 Å². The number of carbonyl (C=O) groups excluding carboxylic acids is 1. The molecule has 22 heavy (non-hydrogen) atoms. The molecule has 1 aromatic rings. The molecule has 7 heteroatoms. The highest BCUT2D eigenvalue weighted by Gasteiger charge is 2.30. The highest BCUT2D eigenvalue weighted by molar-refractivity contribution is 5.95. The standard InChI is InChI=1S/C15H21NO6/c1-15(9-20-2,8-13(17)18)16-14(19)10-5-6-11(21-3)12(7-10)22-4/h5-7H,8-9H2,1-4H3,(H,16,19)(H,17,18). The first-order chi connectivity index (χ1) is 10.3. The number of amides is 1. The van der Waals surface area contributed by atoms with Crippen molar-refractivity contribution in [1.29, 1.82) is 0 Å². The van der Waals surface area contributed by atoms with E-state index in [0.29, 0.717) is 17.1 Å². The van der Waals surface area contributed by atoms with Crippen molar-refractivity contribution in [2.24, 2.45) is 0 Å². The van der Waals surface area contributed by atoms with Crippen LogP contribution >= 0.6 is 0 Å². The Bertz CT molecular complexity index is 545. The third kappa shape index (κ3) is 4.63. The van der Waals surface area contributed by atoms with Gasteiger partial charge in [0.1, 0.15) is 0 Å². The number of rotatable bonds is 8. The largest absolute Gasteiger partial charge is 0.493 e. The minimum Gasteiger partial charge on any atom is -0.493 e. The molecule has 1 rings (SSSR count). The second-order valence-electron chi connectivity index (χ2n) is 5.09. The van der Waals surface area contributed by atoms with Gasteiger partial charge in [-0.2, -0.15) is 0 Å². The van der Waals surface area contributed by atoms with Gasteiger partial charge in [-0.05, 0) is 25.1 Å². The van der Waals surface area contributed by atoms with Crippen LogP contribution in [0.3, 0.4) is 0 Å². The van der Waals surface area contributed by atoms with Gasteiger partial charge in [-0.1, -0.05) is 0 Å². The molecule has 2 N–H and O–H groups in total. The zero-order valence-electron chi connectivity index (χ0n) is 13.1. The van der Waals surface area contributed by atoms with Gasteiger partial charge in [0.05, 0.1) is 32.8 Å². The average molecular weight is 311 g/mol. The highest BCUT2D eigenvalue weighted by atomic mass is 16.5. The molecular weight excluding hydrogens is 290 g/mol. The Labute approximate surface area is 129 Å². The molecule has 0 radical (unpaired) electrons. The lowest BCUT2D eigenvalue weighted by atomic mass is 9.98. The zero-order chi connectivity index (χ0) is 16.8. The molecule has 0 bridgehead atoms. The second-order valence-corrected chi connectivity index (χ2v) is 5.09. The summed E-state index contributed by atoms with van der Waals surface area (Å²) in [5.41, 5.74) is -0.671. The van der Waals surface area contributed by atoms with Gasteiger partial charge in [-0.25, -0.2) is 0 Å². The summed E-state index contributed by atoms with van der Waals surface area (Å²) in [7, 11) is 4.42. The summed E-state index contributed by atoms with van der Waals surface area (Å²) in [6.45, 7) is 1.70. The molecule has 0 aliphatic carbocycles. The van der Waals surface area contributed by atoms with E-state index in [1.54, 1.807) is 19.1 Å². The van der Waals surface area contributed by atoms with Crippen LogP contribution in [-0.4, -0.2) is 50.5 Å². The molecule has 1 amide bonds. The Kier molecular flexibility index (Phi) is 6.18. The van der Waals surface area contributed by atoms with Gasteiger partial charge in [0.25, 0.3) is 5.91 Å². The molecule has 0 fully saturated rings. The van der Waals surface area contributed by atoms with Crippen molar-refractivity contribution in [3.8, 4) is 11.5 Å². The lowest BCUT2D eigenvalue weighted by Gasteiger charge is -2.28. The predicted molar refractivity (Wildman–Crippen MR) is 79.5 cm³/mol. The fourth-order valence-electron chi connectivity index (χ4n) is 2.11. The second kappa shape index (κ2) is 7.65. The SMILES string of the molecule is COCC(C)(CC(=O)O)NC(=O)c1ccc(OC)c(OC)c1. The fraction of sp³-hybridized carbons (Fsp3) is 0.467. The number of carboxylic acid groups (broad SMARTS) is 1. The maximum atomic E-state index is 12.3. The van der Waals surface area contributed by atoms with Crippen molar-refractivity contribution in [3.05, 3.63) is 23.8 Å². The molecule has 0 saturated heterocycles. The van der Waals surface area contributed by atoms with E-state index in [-0.39, 0.29) is 13.0 Å². The van der Waals surface area contributed by atoms with Crippen molar-refractivity contribution in [2.75, 3.05) is 27.9 Å². The van der Waals surface area contributed by atoms with Gasteiger partial charge in [-0.3, -0.25) is 9.59 Å². The minimum absolute atomic E-state index is 0.0817. The molecule has 1 atom stereocenters. The molecule has 0 aliphatic rings. The molecule has 7 nitrogen and oxygen atoms in total. The third-order valence-electron chi connectivity index (χ3n) is 3.07. The monoisotopic (exact) mass is 311 g/mol. The molecule has 0 spiro atoms. The Hall–Kier alpha value is -2.28. The maximum absolute atomic E-state index is 12.3. The van der Waals surface area contributed by atoms with E-state index in [1.807, 2.05) is 0 Å². The van der Waals surface area contributed by atoms with Crippen LogP contribution in [0.4, 0.5) is 0 Å². The number of nitrogens with one attached hydrogen (secondary N) is 1. The lowest BCUT2D eigenvalue weighted by molar-refractivity contribution is -0.139. The number of carbonyl (C=O) groups is 2. The molecule has 1 aromatic carbocycles. The van der Waals surface area contributed by atoms with Crippen LogP contribution in [-0.2, 0) is 9.53 Å². The summed E-state index contributed by atoms with van der Waals surface area (Å²) >= 11 is 0. The summed E-state index contributed by atoms with van der Waals surface area (Å²) in [5, 5.41) is 11.7. The Morgan fingerprint density at radius 1 is 1.18 bits per heavy atom. The fourth-order valence-corrected chi connectivity index (χ4v) is 2.11. The van der Waals surface area contributed by atoms with Crippen LogP contribution in [0.2, 0.25) is 0 Å². The van der Waals surface area contributed by atoms with Gasteiger partial charge < -0.3 is 24.6 Å². The van der Waals surface area contributed by atoms with Crippen LogP contribution in [0, 0.1) is 0 Å². The third-order valence-corrected chi connectivity index (χ3v) is 3.07. The van der Waals surface area contributed by atoms with E-state index in [0.717, 1.165) is 0 Å². The number of hydrogen-bond donors (Lipinski definition) is 2. The van der Waals surface area contributed by atoms with E-state index >= 15 is 0 Å². The topological polar surface area (TPSA) is 94.1 Å². The van der Waals surface area contributed by atoms with E-state index < -0.39 is 17.4 Å². The Balaban J connectivity index is 2.97. The molecule has 122 valence electrons. The minimum atomic E-state index is -1.02. The summed E-state index contributed by atoms with van der Waals surface area (Å²) < 4.78 is 15.3. The van der Waals surface area contributed by atoms with Crippen LogP contribution in [0.5, 0.6) is 11.5 Å². The first kappa shape index (κ1) is 17.8. The van der Waals surface area contributed by atoms with Crippen LogP contribution in [0.15, 0.2) is 18.2 Å². The van der Waals surface area contributed by atoms with Gasteiger partial charge >= 0.3 is 5.97 Å². The van der Waals surface area contributed by atoms with E-state index in [2.05, 4.69) is 5.32 Å². The van der Waals surface area contributed by atoms with Gasteiger partial charge in [-0.15, -0.1) is 0 Å². The molecule has 1 unspecified atom stereocenters. The summed E-state index contributed by atoms with van der Waals surface area (Å²) in [5.74, 6) is -0.514. The van der Waals surface area contributed by atoms with E-state index in [9.17, 15) is 9.59 Å². The smallest absolute Gasteiger partial charge is 0.305 e. The number of aliphatic carboxylic acids is 1. The maximum Gasteiger partial charge on any atom is 0.305 e. The van der Waals surface area contributed by atoms with Crippen molar-refractivity contribution >= 4 is 11.9 Å². The van der Waals surface area contributed by atoms with Gasteiger partial charge in [0.2, 0.25) is 0 Å². The van der Waals surface area contributed by atoms with Crippen molar-refractivity contribution < 1.29 is 28.9 Å². The Morgan fingerprint density at radius 2 is 1.82 bits per heavy atom. The molecular formula is C15H21NO6. The van der Waals surface area contributed by atoms with Crippen molar-refractivity contribution in [1.82, 2.24) is 5.32 Å². The van der Waals surface area contributed by atoms with Gasteiger partial charge in [0, 0.05) is 12.7 Å². The summed E-state index contributed by atoms with van der Waals surface area (Å²) in [6.07, 6.45) is -0.250. The van der Waals surface area contributed by atoms with Crippen LogP contribution in [0.1, 0.15) is 23.7 Å². The van der Waals surface area contributed by atoms with E-state index in [1.165, 1.54) is 27.4 Å². The Morgan fingerprint density at radius 3 is 2.32 bits per heavy atom. The first-order valence-electron chi connectivity index (χ1n) is 6.60. The summed E-state index contributed by atoms with van der Waals surface area (Å²) in [6, 6.07) is 4.71. The normalized spacial score (nSPS) is 13.1. The molecule has 0 saturated carbocycles. The predicted octanol–water partition coefficient (Wildman–Crippen LogP) is 1.31. The zero-order valence-corrected chi connectivity index (χ0v) is 13.1. The number of benzene rings is 1. The molecule has 0 aliphatic heterocycles.